The predicted molar refractivity (Wildman–Crippen MR) is 51.8 cm³/mol. The lowest BCUT2D eigenvalue weighted by atomic mass is 10.4. The molecule has 46 valence electrons. The zero-order valence-corrected chi connectivity index (χ0v) is 8.34. The van der Waals surface area contributed by atoms with Crippen LogP contribution in [0.3, 0.4) is 0 Å². The van der Waals surface area contributed by atoms with E-state index in [1.807, 2.05) is 21.2 Å². The van der Waals surface area contributed by atoms with E-state index in [4.69, 9.17) is 0 Å². The Balaban J connectivity index is 0. The number of unbranched alkanes of at least 4 members (excludes halogenated alkanes) is 1. The third-order valence-electron chi connectivity index (χ3n) is 0.512. The van der Waals surface area contributed by atoms with Crippen LogP contribution in [0.2, 0.25) is 0 Å². The molecule has 0 fully saturated rings. The van der Waals surface area contributed by atoms with Gasteiger partial charge in [0.05, 0.1) is 0 Å². The molecule has 0 aliphatic carbocycles. The van der Waals surface area contributed by atoms with Gasteiger partial charge in [0, 0.05) is 0 Å². The van der Waals surface area contributed by atoms with Gasteiger partial charge in [0.1, 0.15) is 0 Å². The van der Waals surface area contributed by atoms with Crippen LogP contribution < -0.4 is 0 Å². The summed E-state index contributed by atoms with van der Waals surface area (Å²) in [6.07, 6.45) is 2.52. The van der Waals surface area contributed by atoms with Gasteiger partial charge in [-0.1, -0.05) is 13.3 Å². The lowest BCUT2D eigenvalue weighted by Crippen LogP contribution is -1.65. The monoisotopic (exact) mass is 250 g/mol. The van der Waals surface area contributed by atoms with Gasteiger partial charge in [0.15, 0.2) is 0 Å². The Morgan fingerprint density at radius 2 is 1.86 bits per heavy atom. The van der Waals surface area contributed by atoms with Gasteiger partial charge >= 0.3 is 0 Å². The fourth-order valence-corrected chi connectivity index (χ4v) is 0.474. The summed E-state index contributed by atoms with van der Waals surface area (Å²) in [7, 11) is 3.50. The highest BCUT2D eigenvalue weighted by Gasteiger charge is 1.68. The Morgan fingerprint density at radius 1 is 1.43 bits per heavy atom. The zero-order chi connectivity index (χ0) is 6.12. The lowest BCUT2D eigenvalue weighted by molar-refractivity contribution is 0.899. The van der Waals surface area contributed by atoms with Gasteiger partial charge in [-0.25, -0.2) is 0 Å². The molecule has 0 bridgehead atoms. The van der Waals surface area contributed by atoms with Crippen LogP contribution in [0.5, 0.6) is 0 Å². The average molecular weight is 250 g/mol. The van der Waals surface area contributed by atoms with Gasteiger partial charge in [0.2, 0.25) is 0 Å². The molecule has 0 spiro atoms. The van der Waals surface area contributed by atoms with E-state index in [1.54, 1.807) is 0 Å². The van der Waals surface area contributed by atoms with Crippen molar-refractivity contribution in [3.05, 3.63) is 0 Å². The molecule has 0 atom stereocenters. The molecular weight excluding hydrogens is 239 g/mol. The molecule has 0 radical (unpaired) electrons. The van der Waals surface area contributed by atoms with Gasteiger partial charge in [-0.3, -0.25) is 0 Å². The van der Waals surface area contributed by atoms with Crippen molar-refractivity contribution < 1.29 is 0 Å². The fourth-order valence-electron chi connectivity index (χ4n) is 0.158. The summed E-state index contributed by atoms with van der Waals surface area (Å²) in [6, 6.07) is 0. The summed E-state index contributed by atoms with van der Waals surface area (Å²) in [5.41, 5.74) is 0. The van der Waals surface area contributed by atoms with Gasteiger partial charge < -0.3 is 0 Å². The van der Waals surface area contributed by atoms with Crippen LogP contribution in [-0.4, -0.2) is 5.75 Å². The van der Waals surface area contributed by atoms with Gasteiger partial charge in [-0.15, -0.1) is 9.80 Å². The molecule has 0 aromatic heterocycles. The zero-order valence-electron chi connectivity index (χ0n) is 4.39. The second kappa shape index (κ2) is 15.7. The third-order valence-corrected chi connectivity index (χ3v) is 0.828. The van der Waals surface area contributed by atoms with Crippen molar-refractivity contribution in [2.45, 2.75) is 19.8 Å². The quantitative estimate of drug-likeness (QED) is 0.546. The maximum atomic E-state index is 4.00. The summed E-state index contributed by atoms with van der Waals surface area (Å²) >= 11 is 5.85. The van der Waals surface area contributed by atoms with Crippen LogP contribution in [0.4, 0.5) is 0 Å². The first-order valence-electron chi connectivity index (χ1n) is 2.19. The molecule has 0 aliphatic rings. The Hall–Kier alpha value is 1.43. The van der Waals surface area contributed by atoms with E-state index in [0.717, 1.165) is 5.75 Å². The van der Waals surface area contributed by atoms with Crippen molar-refractivity contribution in [3.63, 3.8) is 0 Å². The van der Waals surface area contributed by atoms with E-state index in [-0.39, 0.29) is 0 Å². The molecular formula is C4H11IS2. The standard InChI is InChI=1S/C4H10S.HIS/c1-2-3-4-5;1-2/h5H,2-4H2,1H3;2H. The topological polar surface area (TPSA) is 0 Å². The van der Waals surface area contributed by atoms with E-state index in [0.29, 0.717) is 0 Å². The van der Waals surface area contributed by atoms with E-state index in [2.05, 4.69) is 29.4 Å². The minimum atomic E-state index is 1.04. The molecule has 0 aromatic rings. The Bertz CT molecular complexity index is 17.2. The number of thiol groups is 2. The van der Waals surface area contributed by atoms with Crippen LogP contribution in [0.25, 0.3) is 0 Å². The molecule has 0 N–H and O–H groups in total. The van der Waals surface area contributed by atoms with Gasteiger partial charge in [-0.2, -0.15) is 12.6 Å². The number of halogens is 1. The van der Waals surface area contributed by atoms with Crippen molar-refractivity contribution >= 4 is 43.6 Å². The van der Waals surface area contributed by atoms with Crippen LogP contribution >= 0.6 is 43.6 Å². The minimum Gasteiger partial charge on any atom is -0.179 e. The maximum absolute atomic E-state index is 4.00. The smallest absolute Gasteiger partial charge is 0.00784 e. The summed E-state index contributed by atoms with van der Waals surface area (Å²) < 4.78 is 0. The van der Waals surface area contributed by atoms with Crippen molar-refractivity contribution in [1.29, 1.82) is 0 Å². The number of hydrogen-bond donors (Lipinski definition) is 2. The Labute approximate surface area is 68.9 Å². The summed E-state index contributed by atoms with van der Waals surface area (Å²) in [6.45, 7) is 2.16. The molecule has 0 heterocycles. The highest BCUT2D eigenvalue weighted by molar-refractivity contribution is 14.2. The van der Waals surface area contributed by atoms with Crippen molar-refractivity contribution in [2.24, 2.45) is 0 Å². The fraction of sp³-hybridized carbons (Fsp3) is 1.00. The first-order valence-corrected chi connectivity index (χ1v) is 6.06. The largest absolute Gasteiger partial charge is 0.179 e. The van der Waals surface area contributed by atoms with Crippen LogP contribution in [0, 0.1) is 0 Å². The molecule has 0 aliphatic heterocycles. The van der Waals surface area contributed by atoms with Crippen LogP contribution in [0.15, 0.2) is 0 Å². The Kier molecular flexibility index (Phi) is 25.2. The number of rotatable bonds is 2. The van der Waals surface area contributed by atoms with Crippen molar-refractivity contribution in [1.82, 2.24) is 0 Å². The third kappa shape index (κ3) is 18.6. The molecule has 0 amide bonds. The molecule has 3 heteroatoms. The SMILES string of the molecule is CCCCS.SI. The van der Waals surface area contributed by atoms with E-state index < -0.39 is 0 Å². The average Bonchev–Trinajstić information content (AvgIpc) is 1.75. The molecule has 0 saturated carbocycles. The molecule has 0 unspecified atom stereocenters. The molecule has 7 heavy (non-hydrogen) atoms. The second-order valence-corrected chi connectivity index (χ2v) is 1.52. The van der Waals surface area contributed by atoms with Crippen LogP contribution in [-0.2, 0) is 0 Å². The second-order valence-electron chi connectivity index (χ2n) is 1.08. The minimum absolute atomic E-state index is 1.04. The first kappa shape index (κ1) is 11.3. The first-order chi connectivity index (χ1) is 3.41. The summed E-state index contributed by atoms with van der Waals surface area (Å²) in [5.74, 6) is 1.04. The Morgan fingerprint density at radius 3 is 1.86 bits per heavy atom. The highest BCUT2D eigenvalue weighted by Crippen LogP contribution is 1.85. The predicted octanol–water partition coefficient (Wildman–Crippen LogP) is 2.98. The number of hydrogen-bond acceptors (Lipinski definition) is 2. The van der Waals surface area contributed by atoms with E-state index in [1.165, 1.54) is 12.8 Å². The maximum Gasteiger partial charge on any atom is -0.00784 e. The van der Waals surface area contributed by atoms with Crippen LogP contribution in [0.1, 0.15) is 19.8 Å². The molecule has 0 nitrogen and oxygen atoms in total. The van der Waals surface area contributed by atoms with Gasteiger partial charge in [-0.05, 0) is 33.4 Å². The lowest BCUT2D eigenvalue weighted by Gasteiger charge is -1.78. The summed E-state index contributed by atoms with van der Waals surface area (Å²) in [4.78, 5) is 0. The molecule has 0 aromatic carbocycles. The molecule has 0 rings (SSSR count). The normalized spacial score (nSPS) is 6.86. The van der Waals surface area contributed by atoms with Crippen molar-refractivity contribution in [2.75, 3.05) is 5.75 Å². The van der Waals surface area contributed by atoms with Crippen molar-refractivity contribution in [3.8, 4) is 0 Å². The summed E-state index contributed by atoms with van der Waals surface area (Å²) in [5, 5.41) is 0. The van der Waals surface area contributed by atoms with E-state index in [9.17, 15) is 0 Å². The van der Waals surface area contributed by atoms with E-state index >= 15 is 0 Å². The molecule has 0 saturated heterocycles. The van der Waals surface area contributed by atoms with Gasteiger partial charge in [0.25, 0.3) is 0 Å². The highest BCUT2D eigenvalue weighted by atomic mass is 127.